The highest BCUT2D eigenvalue weighted by atomic mass is 16.5. The van der Waals surface area contributed by atoms with Crippen LogP contribution in [0.1, 0.15) is 116 Å². The average Bonchev–Trinajstić information content (AvgIpc) is 2.66. The Morgan fingerprint density at radius 1 is 0.538 bits per heavy atom. The summed E-state index contributed by atoms with van der Waals surface area (Å²) in [6, 6.07) is 0. The van der Waals surface area contributed by atoms with Crippen molar-refractivity contribution < 1.29 is 4.74 Å². The van der Waals surface area contributed by atoms with Crippen LogP contribution >= 0.6 is 0 Å². The number of hydrogen-bond donors (Lipinski definition) is 2. The number of hydrogen-bond acceptors (Lipinski definition) is 3. The Labute approximate surface area is 165 Å². The molecule has 0 amide bonds. The van der Waals surface area contributed by atoms with Crippen molar-refractivity contribution in [2.24, 2.45) is 5.73 Å². The fourth-order valence-corrected chi connectivity index (χ4v) is 3.35. The Kier molecular flexibility index (Phi) is 24.8. The van der Waals surface area contributed by atoms with Gasteiger partial charge < -0.3 is 15.8 Å². The Bertz CT molecular complexity index is 212. The molecule has 0 aliphatic rings. The van der Waals surface area contributed by atoms with Crippen molar-refractivity contribution in [3.8, 4) is 0 Å². The molecule has 158 valence electrons. The summed E-state index contributed by atoms with van der Waals surface area (Å²) < 4.78 is 5.64. The van der Waals surface area contributed by atoms with E-state index in [9.17, 15) is 0 Å². The van der Waals surface area contributed by atoms with Gasteiger partial charge in [0, 0.05) is 13.2 Å². The van der Waals surface area contributed by atoms with E-state index in [1.807, 2.05) is 0 Å². The van der Waals surface area contributed by atoms with E-state index >= 15 is 0 Å². The molecule has 0 atom stereocenters. The topological polar surface area (TPSA) is 47.3 Å². The van der Waals surface area contributed by atoms with Crippen LogP contribution in [0.25, 0.3) is 0 Å². The Balaban J connectivity index is 2.95. The van der Waals surface area contributed by atoms with Crippen LogP contribution in [0.2, 0.25) is 0 Å². The molecular formula is C23H50N2O. The number of ether oxygens (including phenoxy) is 1. The first-order valence-electron chi connectivity index (χ1n) is 11.9. The lowest BCUT2D eigenvalue weighted by Crippen LogP contribution is -2.22. The van der Waals surface area contributed by atoms with E-state index in [0.29, 0.717) is 0 Å². The molecule has 0 heterocycles. The minimum absolute atomic E-state index is 0.771. The number of rotatable bonds is 23. The van der Waals surface area contributed by atoms with E-state index in [2.05, 4.69) is 12.2 Å². The summed E-state index contributed by atoms with van der Waals surface area (Å²) in [6.45, 7) is 6.80. The molecule has 0 bridgehead atoms. The van der Waals surface area contributed by atoms with Crippen molar-refractivity contribution >= 4 is 0 Å². The summed E-state index contributed by atoms with van der Waals surface area (Å²) in [5.41, 5.74) is 5.45. The van der Waals surface area contributed by atoms with Crippen molar-refractivity contribution in [1.82, 2.24) is 5.32 Å². The van der Waals surface area contributed by atoms with Crippen LogP contribution < -0.4 is 11.1 Å². The number of nitrogens with two attached hydrogens (primary N) is 1. The first-order valence-corrected chi connectivity index (χ1v) is 11.9. The third-order valence-corrected chi connectivity index (χ3v) is 5.12. The summed E-state index contributed by atoms with van der Waals surface area (Å²) in [7, 11) is 0. The van der Waals surface area contributed by atoms with Gasteiger partial charge in [-0.2, -0.15) is 0 Å². The first-order chi connectivity index (χ1) is 12.9. The van der Waals surface area contributed by atoms with Gasteiger partial charge in [0.05, 0.1) is 6.61 Å². The summed E-state index contributed by atoms with van der Waals surface area (Å²) in [6.07, 6.45) is 23.8. The maximum Gasteiger partial charge on any atom is 0.0590 e. The zero-order chi connectivity index (χ0) is 19.0. The van der Waals surface area contributed by atoms with E-state index in [1.54, 1.807) is 0 Å². The average molecular weight is 371 g/mol. The molecule has 3 N–H and O–H groups in total. The molecule has 3 heteroatoms. The lowest BCUT2D eigenvalue weighted by molar-refractivity contribution is 0.131. The van der Waals surface area contributed by atoms with Crippen molar-refractivity contribution in [2.75, 3.05) is 32.8 Å². The molecule has 0 aliphatic heterocycles. The lowest BCUT2D eigenvalue weighted by atomic mass is 10.0. The van der Waals surface area contributed by atoms with Crippen LogP contribution in [0.4, 0.5) is 0 Å². The highest BCUT2D eigenvalue weighted by Crippen LogP contribution is 2.13. The molecule has 0 spiro atoms. The van der Waals surface area contributed by atoms with Crippen LogP contribution in [-0.4, -0.2) is 32.8 Å². The Morgan fingerprint density at radius 3 is 1.46 bits per heavy atom. The zero-order valence-electron chi connectivity index (χ0n) is 18.0. The summed E-state index contributed by atoms with van der Waals surface area (Å²) in [5, 5.41) is 3.34. The minimum atomic E-state index is 0.771. The molecule has 0 aromatic heterocycles. The van der Waals surface area contributed by atoms with Gasteiger partial charge in [0.25, 0.3) is 0 Å². The Hall–Kier alpha value is -0.120. The second kappa shape index (κ2) is 24.9. The third kappa shape index (κ3) is 23.9. The highest BCUT2D eigenvalue weighted by molar-refractivity contribution is 4.50. The molecule has 26 heavy (non-hydrogen) atoms. The van der Waals surface area contributed by atoms with Gasteiger partial charge in [0.15, 0.2) is 0 Å². The van der Waals surface area contributed by atoms with Gasteiger partial charge in [-0.1, -0.05) is 103 Å². The van der Waals surface area contributed by atoms with Crippen molar-refractivity contribution in [3.05, 3.63) is 0 Å². The van der Waals surface area contributed by atoms with E-state index < -0.39 is 0 Å². The number of unbranched alkanes of at least 4 members (excludes halogenated alkanes) is 15. The largest absolute Gasteiger partial charge is 0.380 e. The van der Waals surface area contributed by atoms with Crippen LogP contribution in [-0.2, 0) is 4.74 Å². The number of nitrogens with one attached hydrogen (secondary N) is 1. The SMILES string of the molecule is CCCCCCCCCCCCCCCCCCOCCNCCCN. The summed E-state index contributed by atoms with van der Waals surface area (Å²) >= 11 is 0. The molecule has 0 unspecified atom stereocenters. The van der Waals surface area contributed by atoms with Crippen molar-refractivity contribution in [1.29, 1.82) is 0 Å². The van der Waals surface area contributed by atoms with Gasteiger partial charge in [-0.25, -0.2) is 0 Å². The van der Waals surface area contributed by atoms with E-state index in [1.165, 1.54) is 103 Å². The monoisotopic (exact) mass is 370 g/mol. The highest BCUT2D eigenvalue weighted by Gasteiger charge is 1.95. The maximum absolute atomic E-state index is 5.64. The van der Waals surface area contributed by atoms with Gasteiger partial charge >= 0.3 is 0 Å². The van der Waals surface area contributed by atoms with E-state index in [-0.39, 0.29) is 0 Å². The van der Waals surface area contributed by atoms with Gasteiger partial charge in [0.2, 0.25) is 0 Å². The van der Waals surface area contributed by atoms with E-state index in [0.717, 1.165) is 39.3 Å². The molecule has 0 saturated carbocycles. The van der Waals surface area contributed by atoms with Crippen molar-refractivity contribution in [2.45, 2.75) is 116 Å². The maximum atomic E-state index is 5.64. The summed E-state index contributed by atoms with van der Waals surface area (Å²) in [5.74, 6) is 0. The van der Waals surface area contributed by atoms with Gasteiger partial charge in [-0.3, -0.25) is 0 Å². The molecule has 0 aromatic carbocycles. The molecule has 0 fully saturated rings. The standard InChI is InChI=1S/C23H50N2O/c1-2-3-4-5-6-7-8-9-10-11-12-13-14-15-16-17-22-26-23-21-25-20-18-19-24/h25H,2-24H2,1H3. The molecule has 0 aliphatic carbocycles. The van der Waals surface area contributed by atoms with Gasteiger partial charge in [0.1, 0.15) is 0 Å². The second-order valence-corrected chi connectivity index (χ2v) is 7.81. The van der Waals surface area contributed by atoms with Crippen LogP contribution in [0.3, 0.4) is 0 Å². The first kappa shape index (κ1) is 25.9. The predicted molar refractivity (Wildman–Crippen MR) is 117 cm³/mol. The van der Waals surface area contributed by atoms with Crippen LogP contribution in [0.5, 0.6) is 0 Å². The molecule has 0 saturated heterocycles. The van der Waals surface area contributed by atoms with E-state index in [4.69, 9.17) is 10.5 Å². The smallest absolute Gasteiger partial charge is 0.0590 e. The molecule has 0 rings (SSSR count). The minimum Gasteiger partial charge on any atom is -0.380 e. The predicted octanol–water partition coefficient (Wildman–Crippen LogP) is 6.20. The normalized spacial score (nSPS) is 11.3. The lowest BCUT2D eigenvalue weighted by Gasteiger charge is -2.06. The fourth-order valence-electron chi connectivity index (χ4n) is 3.35. The zero-order valence-corrected chi connectivity index (χ0v) is 18.0. The van der Waals surface area contributed by atoms with Crippen molar-refractivity contribution in [3.63, 3.8) is 0 Å². The van der Waals surface area contributed by atoms with Gasteiger partial charge in [-0.15, -0.1) is 0 Å². The van der Waals surface area contributed by atoms with Crippen LogP contribution in [0.15, 0.2) is 0 Å². The fraction of sp³-hybridized carbons (Fsp3) is 1.00. The third-order valence-electron chi connectivity index (χ3n) is 5.12. The molecule has 3 nitrogen and oxygen atoms in total. The Morgan fingerprint density at radius 2 is 1.00 bits per heavy atom. The van der Waals surface area contributed by atoms with Gasteiger partial charge in [-0.05, 0) is 25.9 Å². The molecule has 0 radical (unpaired) electrons. The summed E-state index contributed by atoms with van der Waals surface area (Å²) in [4.78, 5) is 0. The van der Waals surface area contributed by atoms with Crippen LogP contribution in [0, 0.1) is 0 Å². The molecular weight excluding hydrogens is 320 g/mol. The molecule has 0 aromatic rings. The quantitative estimate of drug-likeness (QED) is 0.210. The second-order valence-electron chi connectivity index (χ2n) is 7.81.